The van der Waals surface area contributed by atoms with Crippen LogP contribution in [0.5, 0.6) is 0 Å². The van der Waals surface area contributed by atoms with Crippen LogP contribution in [0.1, 0.15) is 31.0 Å². The van der Waals surface area contributed by atoms with Crippen molar-refractivity contribution < 1.29 is 5.11 Å². The number of hydrogen-bond donors (Lipinski definition) is 2. The lowest BCUT2D eigenvalue weighted by Crippen LogP contribution is -2.36. The molecule has 108 valence electrons. The number of nitrogens with one attached hydrogen (secondary N) is 1. The van der Waals surface area contributed by atoms with E-state index in [1.54, 1.807) is 30.1 Å². The van der Waals surface area contributed by atoms with Gasteiger partial charge >= 0.3 is 0 Å². The summed E-state index contributed by atoms with van der Waals surface area (Å²) in [5, 5.41) is 18.3. The van der Waals surface area contributed by atoms with Crippen molar-refractivity contribution in [1.82, 2.24) is 20.1 Å². The predicted octanol–water partition coefficient (Wildman–Crippen LogP) is 2.03. The zero-order valence-electron chi connectivity index (χ0n) is 11.8. The second-order valence-corrected chi connectivity index (χ2v) is 5.58. The Kier molecular flexibility index (Phi) is 4.42. The van der Waals surface area contributed by atoms with Crippen molar-refractivity contribution in [2.75, 3.05) is 6.54 Å². The van der Waals surface area contributed by atoms with Crippen molar-refractivity contribution in [2.45, 2.75) is 25.5 Å². The Balaban J connectivity index is 1.98. The molecule has 0 aliphatic carbocycles. The quantitative estimate of drug-likeness (QED) is 0.828. The highest BCUT2D eigenvalue weighted by Gasteiger charge is 2.25. The molecule has 2 heterocycles. The Morgan fingerprint density at radius 3 is 2.75 bits per heavy atom. The summed E-state index contributed by atoms with van der Waals surface area (Å²) in [6, 6.07) is 3.75. The van der Waals surface area contributed by atoms with Crippen LogP contribution >= 0.6 is 11.6 Å². The number of nitrogens with zero attached hydrogens (tertiary/aromatic N) is 3. The molecule has 0 fully saturated rings. The van der Waals surface area contributed by atoms with E-state index in [1.165, 1.54) is 0 Å². The smallest absolute Gasteiger partial charge is 0.129 e. The van der Waals surface area contributed by atoms with E-state index in [9.17, 15) is 5.11 Å². The molecule has 0 aliphatic rings. The summed E-state index contributed by atoms with van der Waals surface area (Å²) in [4.78, 5) is 4.06. The summed E-state index contributed by atoms with van der Waals surface area (Å²) in [7, 11) is 1.83. The summed E-state index contributed by atoms with van der Waals surface area (Å²) >= 11 is 5.77. The highest BCUT2D eigenvalue weighted by Crippen LogP contribution is 2.20. The molecule has 0 amide bonds. The van der Waals surface area contributed by atoms with E-state index in [0.717, 1.165) is 11.1 Å². The van der Waals surface area contributed by atoms with E-state index in [2.05, 4.69) is 15.4 Å². The first-order chi connectivity index (χ1) is 9.38. The average molecular weight is 295 g/mol. The number of aromatic nitrogens is 3. The Hall–Kier alpha value is -1.43. The molecule has 0 aliphatic heterocycles. The van der Waals surface area contributed by atoms with Crippen LogP contribution in [-0.2, 0) is 12.6 Å². The van der Waals surface area contributed by atoms with Gasteiger partial charge in [0, 0.05) is 37.6 Å². The molecule has 2 aromatic heterocycles. The second-order valence-electron chi connectivity index (χ2n) is 5.19. The zero-order chi connectivity index (χ0) is 14.8. The molecule has 0 bridgehead atoms. The zero-order valence-corrected chi connectivity index (χ0v) is 12.6. The van der Waals surface area contributed by atoms with Crippen LogP contribution in [0.25, 0.3) is 0 Å². The highest BCUT2D eigenvalue weighted by molar-refractivity contribution is 6.29. The van der Waals surface area contributed by atoms with Crippen LogP contribution < -0.4 is 5.32 Å². The van der Waals surface area contributed by atoms with E-state index < -0.39 is 5.60 Å². The number of aryl methyl sites for hydroxylation is 1. The Morgan fingerprint density at radius 1 is 1.45 bits per heavy atom. The fourth-order valence-corrected chi connectivity index (χ4v) is 2.03. The number of halogens is 1. The maximum absolute atomic E-state index is 10.5. The third kappa shape index (κ3) is 3.56. The van der Waals surface area contributed by atoms with E-state index in [4.69, 9.17) is 11.6 Å². The molecule has 2 aromatic rings. The van der Waals surface area contributed by atoms with E-state index in [0.29, 0.717) is 11.7 Å². The fourth-order valence-electron chi connectivity index (χ4n) is 1.91. The van der Waals surface area contributed by atoms with E-state index >= 15 is 0 Å². The number of rotatable bonds is 5. The van der Waals surface area contributed by atoms with Gasteiger partial charge < -0.3 is 10.4 Å². The lowest BCUT2D eigenvalue weighted by atomic mass is 9.99. The molecule has 0 spiro atoms. The first kappa shape index (κ1) is 15.0. The van der Waals surface area contributed by atoms with Crippen LogP contribution in [0, 0.1) is 0 Å². The standard InChI is InChI=1S/C14H19ClN4O/c1-10(11-4-5-13(15)16-6-11)17-9-14(2,20)12-7-18-19(3)8-12/h4-8,10,17,20H,9H2,1-3H3/t10-,14+/m1/s1. The third-order valence-corrected chi connectivity index (χ3v) is 3.55. The number of aliphatic hydroxyl groups is 1. The first-order valence-corrected chi connectivity index (χ1v) is 6.82. The molecule has 2 atom stereocenters. The highest BCUT2D eigenvalue weighted by atomic mass is 35.5. The topological polar surface area (TPSA) is 63.0 Å². The van der Waals surface area contributed by atoms with Gasteiger partial charge in [0.2, 0.25) is 0 Å². The molecule has 0 saturated carbocycles. The molecule has 0 unspecified atom stereocenters. The van der Waals surface area contributed by atoms with Crippen LogP contribution in [0.4, 0.5) is 0 Å². The minimum atomic E-state index is -0.970. The summed E-state index contributed by atoms with van der Waals surface area (Å²) in [6.45, 7) is 4.20. The SMILES string of the molecule is C[C@@H](NC[C@](C)(O)c1cnn(C)c1)c1ccc(Cl)nc1. The summed E-state index contributed by atoms with van der Waals surface area (Å²) in [6.07, 6.45) is 5.23. The molecule has 2 N–H and O–H groups in total. The molecular formula is C14H19ClN4O. The van der Waals surface area contributed by atoms with Crippen molar-refractivity contribution >= 4 is 11.6 Å². The van der Waals surface area contributed by atoms with Crippen molar-refractivity contribution in [1.29, 1.82) is 0 Å². The maximum Gasteiger partial charge on any atom is 0.129 e. The molecule has 20 heavy (non-hydrogen) atoms. The Bertz CT molecular complexity index is 565. The Labute approximate surface area is 123 Å². The maximum atomic E-state index is 10.5. The minimum absolute atomic E-state index is 0.0721. The summed E-state index contributed by atoms with van der Waals surface area (Å²) < 4.78 is 1.68. The minimum Gasteiger partial charge on any atom is -0.384 e. The third-order valence-electron chi connectivity index (χ3n) is 3.33. The molecule has 6 heteroatoms. The van der Waals surface area contributed by atoms with Gasteiger partial charge in [0.1, 0.15) is 10.8 Å². The Morgan fingerprint density at radius 2 is 2.20 bits per heavy atom. The van der Waals surface area contributed by atoms with Gasteiger partial charge in [-0.3, -0.25) is 4.68 Å². The van der Waals surface area contributed by atoms with Gasteiger partial charge in [0.05, 0.1) is 6.20 Å². The molecule has 5 nitrogen and oxygen atoms in total. The van der Waals surface area contributed by atoms with Crippen molar-refractivity contribution in [3.8, 4) is 0 Å². The van der Waals surface area contributed by atoms with Gasteiger partial charge in [-0.25, -0.2) is 4.98 Å². The van der Waals surface area contributed by atoms with Crippen LogP contribution in [-0.4, -0.2) is 26.4 Å². The second kappa shape index (κ2) is 5.91. The summed E-state index contributed by atoms with van der Waals surface area (Å²) in [5.41, 5.74) is 0.841. The van der Waals surface area contributed by atoms with Crippen LogP contribution in [0.15, 0.2) is 30.7 Å². The molecule has 0 saturated heterocycles. The normalized spacial score (nSPS) is 15.8. The molecule has 0 aromatic carbocycles. The fraction of sp³-hybridized carbons (Fsp3) is 0.429. The molecule has 2 rings (SSSR count). The van der Waals surface area contributed by atoms with Crippen molar-refractivity contribution in [3.05, 3.63) is 47.0 Å². The predicted molar refractivity (Wildman–Crippen MR) is 78.4 cm³/mol. The molecular weight excluding hydrogens is 276 g/mol. The lowest BCUT2D eigenvalue weighted by molar-refractivity contribution is 0.0543. The van der Waals surface area contributed by atoms with Gasteiger partial charge in [-0.2, -0.15) is 5.10 Å². The van der Waals surface area contributed by atoms with E-state index in [-0.39, 0.29) is 6.04 Å². The first-order valence-electron chi connectivity index (χ1n) is 6.45. The lowest BCUT2D eigenvalue weighted by Gasteiger charge is -2.25. The van der Waals surface area contributed by atoms with Gasteiger partial charge in [0.25, 0.3) is 0 Å². The van der Waals surface area contributed by atoms with Gasteiger partial charge in [-0.15, -0.1) is 0 Å². The largest absolute Gasteiger partial charge is 0.384 e. The number of pyridine rings is 1. The van der Waals surface area contributed by atoms with Gasteiger partial charge in [0.15, 0.2) is 0 Å². The van der Waals surface area contributed by atoms with Gasteiger partial charge in [-0.05, 0) is 25.5 Å². The van der Waals surface area contributed by atoms with Crippen molar-refractivity contribution in [3.63, 3.8) is 0 Å². The average Bonchev–Trinajstić information content (AvgIpc) is 2.84. The van der Waals surface area contributed by atoms with Crippen LogP contribution in [0.2, 0.25) is 5.15 Å². The number of hydrogen-bond acceptors (Lipinski definition) is 4. The van der Waals surface area contributed by atoms with E-state index in [1.807, 2.05) is 26.2 Å². The summed E-state index contributed by atoms with van der Waals surface area (Å²) in [5.74, 6) is 0. The monoisotopic (exact) mass is 294 g/mol. The van der Waals surface area contributed by atoms with Crippen molar-refractivity contribution in [2.24, 2.45) is 7.05 Å². The van der Waals surface area contributed by atoms with Crippen LogP contribution in [0.3, 0.4) is 0 Å². The van der Waals surface area contributed by atoms with Gasteiger partial charge in [-0.1, -0.05) is 17.7 Å². The molecule has 0 radical (unpaired) electrons.